The summed E-state index contributed by atoms with van der Waals surface area (Å²) in [5.41, 5.74) is 1.18. The minimum atomic E-state index is -0.348. The molecule has 2 aromatic rings. The molecule has 0 aliphatic rings. The Labute approximate surface area is 144 Å². The molecule has 0 N–H and O–H groups in total. The van der Waals surface area contributed by atoms with Crippen LogP contribution in [0.2, 0.25) is 0 Å². The van der Waals surface area contributed by atoms with Gasteiger partial charge in [0.25, 0.3) is 5.91 Å². The second kappa shape index (κ2) is 7.39. The van der Waals surface area contributed by atoms with Crippen molar-refractivity contribution in [3.63, 3.8) is 0 Å². The maximum atomic E-state index is 13.3. The number of amides is 1. The van der Waals surface area contributed by atoms with E-state index < -0.39 is 0 Å². The number of hydrogen-bond donors (Lipinski definition) is 0. The number of nitrogens with zero attached hydrogens (tertiary/aromatic N) is 1. The van der Waals surface area contributed by atoms with Crippen molar-refractivity contribution in [1.29, 1.82) is 0 Å². The number of methoxy groups -OCH3 is 2. The van der Waals surface area contributed by atoms with Crippen molar-refractivity contribution in [3.8, 4) is 11.5 Å². The summed E-state index contributed by atoms with van der Waals surface area (Å²) in [6.45, 7) is 6.59. The largest absolute Gasteiger partial charge is 0.496 e. The molecule has 1 amide bonds. The van der Waals surface area contributed by atoms with E-state index in [1.165, 1.54) is 0 Å². The maximum Gasteiger partial charge on any atom is 0.262 e. The van der Waals surface area contributed by atoms with E-state index in [1.807, 2.05) is 62.1 Å². The fourth-order valence-electron chi connectivity index (χ4n) is 2.58. The number of rotatable bonds is 5. The van der Waals surface area contributed by atoms with Gasteiger partial charge in [-0.2, -0.15) is 0 Å². The van der Waals surface area contributed by atoms with Crippen molar-refractivity contribution in [2.75, 3.05) is 14.2 Å². The predicted octanol–water partition coefficient (Wildman–Crippen LogP) is 4.14. The second-order valence-corrected chi connectivity index (χ2v) is 6.59. The van der Waals surface area contributed by atoms with Gasteiger partial charge >= 0.3 is 0 Å². The van der Waals surface area contributed by atoms with E-state index in [4.69, 9.17) is 9.47 Å². The summed E-state index contributed by atoms with van der Waals surface area (Å²) in [4.78, 5) is 15.2. The first kappa shape index (κ1) is 17.9. The molecule has 4 nitrogen and oxygen atoms in total. The van der Waals surface area contributed by atoms with Crippen LogP contribution in [0.1, 0.15) is 36.7 Å². The highest BCUT2D eigenvalue weighted by atomic mass is 16.5. The molecule has 0 heterocycles. The molecule has 0 saturated carbocycles. The minimum absolute atomic E-state index is 0.111. The lowest BCUT2D eigenvalue weighted by Crippen LogP contribution is -2.45. The molecule has 0 aromatic heterocycles. The van der Waals surface area contributed by atoms with Gasteiger partial charge in [0.05, 0.1) is 14.2 Å². The standard InChI is InChI=1S/C20H25NO3/c1-20(2,3)21(14-15-10-7-6-8-11-15)19(22)18-16(23-4)12-9-13-17(18)24-5/h6-13H,14H2,1-5H3. The van der Waals surface area contributed by atoms with Crippen LogP contribution in [0.15, 0.2) is 48.5 Å². The number of hydrogen-bond acceptors (Lipinski definition) is 3. The van der Waals surface area contributed by atoms with Gasteiger partial charge in [0.15, 0.2) is 0 Å². The minimum Gasteiger partial charge on any atom is -0.496 e. The molecule has 0 unspecified atom stereocenters. The SMILES string of the molecule is COc1cccc(OC)c1C(=O)N(Cc1ccccc1)C(C)(C)C. The Bertz CT molecular complexity index is 668. The van der Waals surface area contributed by atoms with E-state index in [0.717, 1.165) is 5.56 Å². The van der Waals surface area contributed by atoms with Gasteiger partial charge in [-0.3, -0.25) is 4.79 Å². The molecule has 0 aliphatic carbocycles. The molecule has 0 saturated heterocycles. The maximum absolute atomic E-state index is 13.3. The summed E-state index contributed by atoms with van der Waals surface area (Å²) in [7, 11) is 3.12. The van der Waals surface area contributed by atoms with E-state index in [0.29, 0.717) is 23.6 Å². The summed E-state index contributed by atoms with van der Waals surface area (Å²) in [5.74, 6) is 0.920. The fourth-order valence-corrected chi connectivity index (χ4v) is 2.58. The molecule has 4 heteroatoms. The summed E-state index contributed by atoms with van der Waals surface area (Å²) in [6, 6.07) is 15.3. The van der Waals surface area contributed by atoms with Crippen LogP contribution >= 0.6 is 0 Å². The highest BCUT2D eigenvalue weighted by Crippen LogP contribution is 2.32. The molecular weight excluding hydrogens is 302 g/mol. The topological polar surface area (TPSA) is 38.8 Å². The van der Waals surface area contributed by atoms with Crippen LogP contribution in [-0.2, 0) is 6.54 Å². The summed E-state index contributed by atoms with van der Waals surface area (Å²) >= 11 is 0. The van der Waals surface area contributed by atoms with Gasteiger partial charge in [0, 0.05) is 12.1 Å². The van der Waals surface area contributed by atoms with Crippen LogP contribution in [0.5, 0.6) is 11.5 Å². The number of carbonyl (C=O) groups is 1. The van der Waals surface area contributed by atoms with E-state index in [1.54, 1.807) is 26.4 Å². The van der Waals surface area contributed by atoms with Gasteiger partial charge < -0.3 is 14.4 Å². The third kappa shape index (κ3) is 3.88. The van der Waals surface area contributed by atoms with Gasteiger partial charge in [-0.25, -0.2) is 0 Å². The Morgan fingerprint density at radius 2 is 1.46 bits per heavy atom. The third-order valence-electron chi connectivity index (χ3n) is 3.88. The molecule has 0 bridgehead atoms. The lowest BCUT2D eigenvalue weighted by molar-refractivity contribution is 0.0552. The van der Waals surface area contributed by atoms with Gasteiger partial charge in [-0.05, 0) is 38.5 Å². The zero-order valence-electron chi connectivity index (χ0n) is 15.0. The molecular formula is C20H25NO3. The van der Waals surface area contributed by atoms with Crippen molar-refractivity contribution >= 4 is 5.91 Å². The lowest BCUT2D eigenvalue weighted by Gasteiger charge is -2.36. The molecule has 2 aromatic carbocycles. The molecule has 0 atom stereocenters. The predicted molar refractivity (Wildman–Crippen MR) is 95.6 cm³/mol. The Kier molecular flexibility index (Phi) is 5.50. The van der Waals surface area contributed by atoms with E-state index in [2.05, 4.69) is 0 Å². The fraction of sp³-hybridized carbons (Fsp3) is 0.350. The van der Waals surface area contributed by atoms with Crippen LogP contribution in [-0.4, -0.2) is 30.6 Å². The van der Waals surface area contributed by atoms with Crippen LogP contribution in [0.3, 0.4) is 0 Å². The van der Waals surface area contributed by atoms with E-state index >= 15 is 0 Å². The normalized spacial score (nSPS) is 11.0. The first-order valence-corrected chi connectivity index (χ1v) is 7.95. The zero-order valence-corrected chi connectivity index (χ0v) is 15.0. The van der Waals surface area contributed by atoms with Crippen LogP contribution in [0, 0.1) is 0 Å². The summed E-state index contributed by atoms with van der Waals surface area (Å²) < 4.78 is 10.8. The molecule has 0 aliphatic heterocycles. The Balaban J connectivity index is 2.46. The average molecular weight is 327 g/mol. The Morgan fingerprint density at radius 3 is 1.92 bits per heavy atom. The van der Waals surface area contributed by atoms with Crippen molar-refractivity contribution in [2.24, 2.45) is 0 Å². The lowest BCUT2D eigenvalue weighted by atomic mass is 10.0. The summed E-state index contributed by atoms with van der Waals surface area (Å²) in [6.07, 6.45) is 0. The van der Waals surface area contributed by atoms with Crippen molar-refractivity contribution < 1.29 is 14.3 Å². The van der Waals surface area contributed by atoms with Gasteiger partial charge in [-0.15, -0.1) is 0 Å². The summed E-state index contributed by atoms with van der Waals surface area (Å²) in [5, 5.41) is 0. The number of ether oxygens (including phenoxy) is 2. The van der Waals surface area contributed by atoms with Crippen LogP contribution in [0.4, 0.5) is 0 Å². The second-order valence-electron chi connectivity index (χ2n) is 6.59. The van der Waals surface area contributed by atoms with Gasteiger partial charge in [0.2, 0.25) is 0 Å². The monoisotopic (exact) mass is 327 g/mol. The molecule has 2 rings (SSSR count). The first-order chi connectivity index (χ1) is 11.4. The van der Waals surface area contributed by atoms with Crippen LogP contribution in [0.25, 0.3) is 0 Å². The first-order valence-electron chi connectivity index (χ1n) is 7.95. The van der Waals surface area contributed by atoms with Gasteiger partial charge in [-0.1, -0.05) is 36.4 Å². The number of carbonyl (C=O) groups excluding carboxylic acids is 1. The van der Waals surface area contributed by atoms with E-state index in [-0.39, 0.29) is 11.4 Å². The molecule has 24 heavy (non-hydrogen) atoms. The number of benzene rings is 2. The molecule has 0 fully saturated rings. The van der Waals surface area contributed by atoms with E-state index in [9.17, 15) is 4.79 Å². The van der Waals surface area contributed by atoms with Crippen molar-refractivity contribution in [3.05, 3.63) is 59.7 Å². The molecule has 0 spiro atoms. The Morgan fingerprint density at radius 1 is 0.917 bits per heavy atom. The van der Waals surface area contributed by atoms with Crippen molar-refractivity contribution in [2.45, 2.75) is 32.9 Å². The quantitative estimate of drug-likeness (QED) is 0.828. The average Bonchev–Trinajstić information content (AvgIpc) is 2.58. The highest BCUT2D eigenvalue weighted by molar-refractivity contribution is 6.00. The smallest absolute Gasteiger partial charge is 0.262 e. The highest BCUT2D eigenvalue weighted by Gasteiger charge is 2.31. The van der Waals surface area contributed by atoms with Gasteiger partial charge in [0.1, 0.15) is 17.1 Å². The third-order valence-corrected chi connectivity index (χ3v) is 3.88. The Hall–Kier alpha value is -2.49. The zero-order chi connectivity index (χ0) is 17.7. The molecule has 128 valence electrons. The molecule has 0 radical (unpaired) electrons. The van der Waals surface area contributed by atoms with Crippen molar-refractivity contribution in [1.82, 2.24) is 4.90 Å². The van der Waals surface area contributed by atoms with Crippen LogP contribution < -0.4 is 9.47 Å².